The number of nitrogens with one attached hydrogen (secondary N) is 1. The van der Waals surface area contributed by atoms with Crippen molar-refractivity contribution in [1.82, 2.24) is 29.4 Å². The summed E-state index contributed by atoms with van der Waals surface area (Å²) in [4.78, 5) is 26.3. The van der Waals surface area contributed by atoms with Crippen LogP contribution in [-0.4, -0.2) is 73.8 Å². The molecule has 1 fully saturated rings. The second-order valence-corrected chi connectivity index (χ2v) is 8.96. The van der Waals surface area contributed by atoms with Crippen LogP contribution in [0.3, 0.4) is 0 Å². The molecule has 8 nitrogen and oxygen atoms in total. The van der Waals surface area contributed by atoms with Gasteiger partial charge in [-0.3, -0.25) is 19.7 Å². The minimum Gasteiger partial charge on any atom is -0.395 e. The number of β-amino-alcohol motifs (C(OH)–C–C–N with tert-alkyl or cyclic N) is 1. The van der Waals surface area contributed by atoms with Crippen molar-refractivity contribution in [3.63, 3.8) is 0 Å². The molecule has 0 radical (unpaired) electrons. The molecule has 0 saturated carbocycles. The highest BCUT2D eigenvalue weighted by atomic mass is 16.3. The summed E-state index contributed by atoms with van der Waals surface area (Å²) in [5.41, 5.74) is 2.84. The van der Waals surface area contributed by atoms with Gasteiger partial charge in [0.25, 0.3) is 11.3 Å². The number of benzene rings is 1. The predicted octanol–water partition coefficient (Wildman–Crippen LogP) is 1.49. The maximum Gasteiger partial charge on any atom is 0.274 e. The smallest absolute Gasteiger partial charge is 0.274 e. The van der Waals surface area contributed by atoms with E-state index < -0.39 is 0 Å². The normalized spacial score (nSPS) is 16.4. The lowest BCUT2D eigenvalue weighted by atomic mass is 9.87. The number of aliphatic hydroxyl groups excluding tert-OH is 1. The summed E-state index contributed by atoms with van der Waals surface area (Å²) in [6, 6.07) is 9.82. The fourth-order valence-corrected chi connectivity index (χ4v) is 3.81. The minimum absolute atomic E-state index is 0.0867. The molecule has 2 N–H and O–H groups in total. The van der Waals surface area contributed by atoms with E-state index in [9.17, 15) is 4.79 Å². The number of aliphatic hydroxyl groups is 1. The van der Waals surface area contributed by atoms with Crippen LogP contribution < -0.4 is 5.56 Å². The number of hydrogen-bond acceptors (Lipinski definition) is 6. The first kappa shape index (κ1) is 20.7. The van der Waals surface area contributed by atoms with Gasteiger partial charge >= 0.3 is 0 Å². The van der Waals surface area contributed by atoms with Crippen LogP contribution in [0.25, 0.3) is 17.2 Å². The summed E-state index contributed by atoms with van der Waals surface area (Å²) < 4.78 is 1.40. The van der Waals surface area contributed by atoms with E-state index in [2.05, 4.69) is 57.8 Å². The number of hydrogen-bond donors (Lipinski definition) is 2. The zero-order chi connectivity index (χ0) is 21.3. The Kier molecular flexibility index (Phi) is 5.73. The van der Waals surface area contributed by atoms with Gasteiger partial charge in [0.05, 0.1) is 12.3 Å². The van der Waals surface area contributed by atoms with Gasteiger partial charge in [0.15, 0.2) is 5.82 Å². The summed E-state index contributed by atoms with van der Waals surface area (Å²) in [5, 5.41) is 12.1. The molecule has 3 aromatic rings. The predicted molar refractivity (Wildman–Crippen MR) is 117 cm³/mol. The zero-order valence-electron chi connectivity index (χ0n) is 17.9. The van der Waals surface area contributed by atoms with Crippen molar-refractivity contribution < 1.29 is 5.11 Å². The number of H-pyrrole nitrogens is 1. The molecule has 160 valence electrons. The van der Waals surface area contributed by atoms with Crippen LogP contribution in [0.15, 0.2) is 35.1 Å². The molecule has 0 atom stereocenters. The molecule has 0 aliphatic carbocycles. The summed E-state index contributed by atoms with van der Waals surface area (Å²) in [5.74, 6) is 1.03. The molecule has 1 aromatic carbocycles. The van der Waals surface area contributed by atoms with Crippen LogP contribution in [0.1, 0.15) is 32.0 Å². The van der Waals surface area contributed by atoms with Gasteiger partial charge in [-0.1, -0.05) is 45.0 Å². The Morgan fingerprint density at radius 3 is 2.33 bits per heavy atom. The summed E-state index contributed by atoms with van der Waals surface area (Å²) in [6.07, 6.45) is 0. The van der Waals surface area contributed by atoms with Gasteiger partial charge < -0.3 is 5.11 Å². The molecule has 1 saturated heterocycles. The van der Waals surface area contributed by atoms with Crippen molar-refractivity contribution in [3.8, 4) is 11.4 Å². The van der Waals surface area contributed by atoms with E-state index in [1.807, 2.05) is 12.1 Å². The molecule has 8 heteroatoms. The third-order valence-electron chi connectivity index (χ3n) is 5.67. The van der Waals surface area contributed by atoms with Crippen LogP contribution >= 0.6 is 0 Å². The highest BCUT2D eigenvalue weighted by molar-refractivity contribution is 5.57. The van der Waals surface area contributed by atoms with Crippen molar-refractivity contribution in [1.29, 1.82) is 0 Å². The third-order valence-corrected chi connectivity index (χ3v) is 5.67. The largest absolute Gasteiger partial charge is 0.395 e. The van der Waals surface area contributed by atoms with Gasteiger partial charge in [0.2, 0.25) is 0 Å². The molecule has 0 spiro atoms. The van der Waals surface area contributed by atoms with Gasteiger partial charge in [0.1, 0.15) is 0 Å². The van der Waals surface area contributed by atoms with Gasteiger partial charge in [-0.2, -0.15) is 9.50 Å². The number of piperazine rings is 1. The summed E-state index contributed by atoms with van der Waals surface area (Å²) in [7, 11) is 0. The van der Waals surface area contributed by atoms with Crippen molar-refractivity contribution >= 4 is 5.78 Å². The van der Waals surface area contributed by atoms with E-state index in [-0.39, 0.29) is 17.6 Å². The molecular formula is C22H30N6O2. The fourth-order valence-electron chi connectivity index (χ4n) is 3.81. The van der Waals surface area contributed by atoms with Gasteiger partial charge in [-0.05, 0) is 11.0 Å². The lowest BCUT2D eigenvalue weighted by Gasteiger charge is -2.34. The van der Waals surface area contributed by atoms with Gasteiger partial charge in [-0.25, -0.2) is 4.98 Å². The number of aromatic nitrogens is 4. The fraction of sp³-hybridized carbons (Fsp3) is 0.500. The van der Waals surface area contributed by atoms with Crippen molar-refractivity contribution in [2.24, 2.45) is 0 Å². The maximum atomic E-state index is 12.6. The first-order valence-electron chi connectivity index (χ1n) is 10.5. The van der Waals surface area contributed by atoms with E-state index in [4.69, 9.17) is 5.11 Å². The van der Waals surface area contributed by atoms with Crippen molar-refractivity contribution in [3.05, 3.63) is 51.9 Å². The molecule has 0 bridgehead atoms. The van der Waals surface area contributed by atoms with Crippen LogP contribution in [0, 0.1) is 0 Å². The molecule has 3 heterocycles. The van der Waals surface area contributed by atoms with Crippen LogP contribution in [0.4, 0.5) is 0 Å². The number of nitrogens with zero attached hydrogens (tertiary/aromatic N) is 5. The molecule has 4 rings (SSSR count). The lowest BCUT2D eigenvalue weighted by molar-refractivity contribution is 0.107. The van der Waals surface area contributed by atoms with Crippen LogP contribution in [0.2, 0.25) is 0 Å². The number of rotatable bonds is 5. The second kappa shape index (κ2) is 8.29. The average molecular weight is 411 g/mol. The monoisotopic (exact) mass is 410 g/mol. The highest BCUT2D eigenvalue weighted by Crippen LogP contribution is 2.24. The van der Waals surface area contributed by atoms with E-state index in [0.29, 0.717) is 24.7 Å². The van der Waals surface area contributed by atoms with Gasteiger partial charge in [-0.15, -0.1) is 0 Å². The molecule has 0 amide bonds. The molecule has 1 aliphatic heterocycles. The molecule has 30 heavy (non-hydrogen) atoms. The van der Waals surface area contributed by atoms with Crippen LogP contribution in [0.5, 0.6) is 0 Å². The topological polar surface area (TPSA) is 89.8 Å². The van der Waals surface area contributed by atoms with Crippen LogP contribution in [-0.2, 0) is 12.0 Å². The molecule has 0 unspecified atom stereocenters. The maximum absolute atomic E-state index is 12.6. The second-order valence-electron chi connectivity index (χ2n) is 8.96. The van der Waals surface area contributed by atoms with Crippen molar-refractivity contribution in [2.45, 2.75) is 32.7 Å². The third kappa shape index (κ3) is 4.45. The molecular weight excluding hydrogens is 380 g/mol. The quantitative estimate of drug-likeness (QED) is 0.663. The molecule has 1 aliphatic rings. The Morgan fingerprint density at radius 2 is 1.70 bits per heavy atom. The standard InChI is InChI=1S/C22H30N6O2/c1-22(2,3)17-6-4-16(5-7-17)20-24-21-23-18(14-19(30)28(21)25-20)15-27-10-8-26(9-11-27)12-13-29/h4-7,14,29H,8-13,15H2,1-3H3,(H,23,24,25). The highest BCUT2D eigenvalue weighted by Gasteiger charge is 2.18. The zero-order valence-corrected chi connectivity index (χ0v) is 17.9. The Morgan fingerprint density at radius 1 is 1.03 bits per heavy atom. The first-order valence-corrected chi connectivity index (χ1v) is 10.5. The van der Waals surface area contributed by atoms with E-state index >= 15 is 0 Å². The Hall–Kier alpha value is -2.55. The number of aromatic amines is 1. The number of fused-ring (bicyclic) bond motifs is 1. The Labute approximate surface area is 176 Å². The lowest BCUT2D eigenvalue weighted by Crippen LogP contribution is -2.46. The minimum atomic E-state index is -0.154. The van der Waals surface area contributed by atoms with E-state index in [1.54, 1.807) is 6.07 Å². The molecule has 2 aromatic heterocycles. The SMILES string of the molecule is CC(C)(C)c1ccc(-c2nc3nc(CN4CCN(CCO)CC4)cc(=O)n3[nH]2)cc1. The summed E-state index contributed by atoms with van der Waals surface area (Å²) in [6.45, 7) is 11.7. The average Bonchev–Trinajstić information content (AvgIpc) is 3.14. The summed E-state index contributed by atoms with van der Waals surface area (Å²) >= 11 is 0. The van der Waals surface area contributed by atoms with E-state index in [1.165, 1.54) is 10.1 Å². The Balaban J connectivity index is 1.53. The van der Waals surface area contributed by atoms with Crippen molar-refractivity contribution in [2.75, 3.05) is 39.3 Å². The van der Waals surface area contributed by atoms with Gasteiger partial charge in [0, 0.05) is 50.9 Å². The van der Waals surface area contributed by atoms with E-state index in [0.717, 1.165) is 37.4 Å². The first-order chi connectivity index (χ1) is 14.3. The Bertz CT molecular complexity index is 1060.